The second kappa shape index (κ2) is 7.24. The molecule has 1 aliphatic rings. The average molecular weight is 276 g/mol. The van der Waals surface area contributed by atoms with Gasteiger partial charge in [-0.15, -0.1) is 0 Å². The highest BCUT2D eigenvalue weighted by Crippen LogP contribution is 2.12. The Kier molecular flexibility index (Phi) is 5.35. The summed E-state index contributed by atoms with van der Waals surface area (Å²) in [6.45, 7) is 9.23. The molecule has 1 aromatic heterocycles. The van der Waals surface area contributed by atoms with Crippen molar-refractivity contribution in [1.29, 1.82) is 0 Å². The number of aromatic nitrogens is 1. The fraction of sp³-hybridized carbons (Fsp3) is 0.600. The van der Waals surface area contributed by atoms with Gasteiger partial charge in [0.2, 0.25) is 5.91 Å². The van der Waals surface area contributed by atoms with Crippen molar-refractivity contribution in [2.24, 2.45) is 0 Å². The molecule has 0 bridgehead atoms. The molecule has 0 radical (unpaired) electrons. The fourth-order valence-electron chi connectivity index (χ4n) is 2.55. The van der Waals surface area contributed by atoms with Crippen LogP contribution < -0.4 is 5.32 Å². The molecule has 20 heavy (non-hydrogen) atoms. The summed E-state index contributed by atoms with van der Waals surface area (Å²) >= 11 is 0. The number of carbonyl (C=O) groups is 1. The van der Waals surface area contributed by atoms with E-state index in [1.54, 1.807) is 6.92 Å². The summed E-state index contributed by atoms with van der Waals surface area (Å²) in [5, 5.41) is 3.24. The first-order valence-corrected chi connectivity index (χ1v) is 7.35. The van der Waals surface area contributed by atoms with E-state index >= 15 is 0 Å². The van der Waals surface area contributed by atoms with Crippen molar-refractivity contribution in [3.8, 4) is 0 Å². The summed E-state index contributed by atoms with van der Waals surface area (Å²) < 4.78 is 0. The van der Waals surface area contributed by atoms with E-state index in [4.69, 9.17) is 0 Å². The summed E-state index contributed by atoms with van der Waals surface area (Å²) in [7, 11) is 0. The smallest absolute Gasteiger partial charge is 0.219 e. The second-order valence-corrected chi connectivity index (χ2v) is 5.22. The number of hydrogen-bond acceptors (Lipinski definition) is 4. The van der Waals surface area contributed by atoms with Gasteiger partial charge < -0.3 is 10.2 Å². The minimum atomic E-state index is 0.185. The largest absolute Gasteiger partial charge is 0.370 e. The van der Waals surface area contributed by atoms with Crippen molar-refractivity contribution in [1.82, 2.24) is 14.8 Å². The summed E-state index contributed by atoms with van der Waals surface area (Å²) in [6.07, 6.45) is 2.90. The number of carbonyl (C=O) groups excluding carboxylic acids is 1. The van der Waals surface area contributed by atoms with Gasteiger partial charge in [-0.3, -0.25) is 9.69 Å². The summed E-state index contributed by atoms with van der Waals surface area (Å²) in [5.41, 5.74) is 1.27. The molecule has 0 unspecified atom stereocenters. The van der Waals surface area contributed by atoms with Crippen LogP contribution in [0.2, 0.25) is 0 Å². The first kappa shape index (κ1) is 14.8. The van der Waals surface area contributed by atoms with Crippen molar-refractivity contribution < 1.29 is 4.79 Å². The summed E-state index contributed by atoms with van der Waals surface area (Å²) in [6, 6.07) is 4.17. The molecule has 0 aromatic carbocycles. The number of hydrogen-bond donors (Lipinski definition) is 1. The van der Waals surface area contributed by atoms with Gasteiger partial charge in [-0.05, 0) is 31.0 Å². The molecule has 1 saturated heterocycles. The molecule has 1 N–H and O–H groups in total. The van der Waals surface area contributed by atoms with E-state index in [-0.39, 0.29) is 5.91 Å². The van der Waals surface area contributed by atoms with Crippen LogP contribution in [0.15, 0.2) is 18.3 Å². The van der Waals surface area contributed by atoms with Crippen molar-refractivity contribution in [3.63, 3.8) is 0 Å². The normalized spacial score (nSPS) is 16.8. The lowest BCUT2D eigenvalue weighted by Crippen LogP contribution is -2.33. The lowest BCUT2D eigenvalue weighted by molar-refractivity contribution is -0.128. The molecule has 0 aliphatic carbocycles. The van der Waals surface area contributed by atoms with E-state index in [1.165, 1.54) is 5.56 Å². The van der Waals surface area contributed by atoms with E-state index in [1.807, 2.05) is 11.1 Å². The highest BCUT2D eigenvalue weighted by Gasteiger charge is 2.16. The Morgan fingerprint density at radius 2 is 2.20 bits per heavy atom. The van der Waals surface area contributed by atoms with Crippen LogP contribution in [-0.4, -0.2) is 53.4 Å². The number of amides is 1. The van der Waals surface area contributed by atoms with Gasteiger partial charge in [0, 0.05) is 52.4 Å². The minimum Gasteiger partial charge on any atom is -0.370 e. The van der Waals surface area contributed by atoms with Gasteiger partial charge in [0.15, 0.2) is 0 Å². The van der Waals surface area contributed by atoms with Gasteiger partial charge >= 0.3 is 0 Å². The average Bonchev–Trinajstić information content (AvgIpc) is 2.65. The Bertz CT molecular complexity index is 449. The van der Waals surface area contributed by atoms with Gasteiger partial charge in [0.1, 0.15) is 5.82 Å². The third kappa shape index (κ3) is 4.20. The third-order valence-corrected chi connectivity index (χ3v) is 3.62. The Labute approximate surface area is 121 Å². The predicted octanol–water partition coefficient (Wildman–Crippen LogP) is 1.57. The Morgan fingerprint density at radius 3 is 2.95 bits per heavy atom. The Hall–Kier alpha value is -1.62. The molecule has 0 saturated carbocycles. The summed E-state index contributed by atoms with van der Waals surface area (Å²) in [4.78, 5) is 20.1. The minimum absolute atomic E-state index is 0.185. The van der Waals surface area contributed by atoms with Crippen LogP contribution in [-0.2, 0) is 11.3 Å². The lowest BCUT2D eigenvalue weighted by Gasteiger charge is -2.21. The topological polar surface area (TPSA) is 48.5 Å². The van der Waals surface area contributed by atoms with Crippen LogP contribution in [0.4, 0.5) is 5.82 Å². The van der Waals surface area contributed by atoms with E-state index in [2.05, 4.69) is 34.3 Å². The predicted molar refractivity (Wildman–Crippen MR) is 80.5 cm³/mol. The van der Waals surface area contributed by atoms with Crippen LogP contribution in [0.3, 0.4) is 0 Å². The number of rotatable bonds is 4. The maximum Gasteiger partial charge on any atom is 0.219 e. The monoisotopic (exact) mass is 276 g/mol. The second-order valence-electron chi connectivity index (χ2n) is 5.22. The molecular formula is C15H24N4O. The molecule has 0 spiro atoms. The van der Waals surface area contributed by atoms with E-state index in [0.29, 0.717) is 0 Å². The third-order valence-electron chi connectivity index (χ3n) is 3.62. The van der Waals surface area contributed by atoms with Gasteiger partial charge in [-0.1, -0.05) is 0 Å². The SMILES string of the molecule is CCNc1cc(CN2CCCN(C(C)=O)CC2)ccn1. The molecule has 2 heterocycles. The maximum atomic E-state index is 11.4. The fourth-order valence-corrected chi connectivity index (χ4v) is 2.55. The number of nitrogens with zero attached hydrogens (tertiary/aromatic N) is 3. The molecule has 1 amide bonds. The Balaban J connectivity index is 1.92. The number of anilines is 1. The number of nitrogens with one attached hydrogen (secondary N) is 1. The molecule has 5 heteroatoms. The highest BCUT2D eigenvalue weighted by atomic mass is 16.2. The maximum absolute atomic E-state index is 11.4. The van der Waals surface area contributed by atoms with Crippen LogP contribution in [0.1, 0.15) is 25.8 Å². The molecular weight excluding hydrogens is 252 g/mol. The first-order valence-electron chi connectivity index (χ1n) is 7.35. The van der Waals surface area contributed by atoms with E-state index in [9.17, 15) is 4.79 Å². The van der Waals surface area contributed by atoms with Crippen molar-refractivity contribution in [2.45, 2.75) is 26.8 Å². The van der Waals surface area contributed by atoms with Gasteiger partial charge in [-0.2, -0.15) is 0 Å². The number of pyridine rings is 1. The highest BCUT2D eigenvalue weighted by molar-refractivity contribution is 5.73. The molecule has 1 fully saturated rings. The quantitative estimate of drug-likeness (QED) is 0.907. The zero-order chi connectivity index (χ0) is 14.4. The zero-order valence-corrected chi connectivity index (χ0v) is 12.4. The first-order chi connectivity index (χ1) is 9.69. The van der Waals surface area contributed by atoms with Crippen molar-refractivity contribution in [2.75, 3.05) is 38.0 Å². The van der Waals surface area contributed by atoms with Gasteiger partial charge in [0.05, 0.1) is 0 Å². The van der Waals surface area contributed by atoms with Crippen molar-refractivity contribution >= 4 is 11.7 Å². The zero-order valence-electron chi connectivity index (χ0n) is 12.4. The van der Waals surface area contributed by atoms with Crippen molar-refractivity contribution in [3.05, 3.63) is 23.9 Å². The van der Waals surface area contributed by atoms with Crippen LogP contribution in [0.5, 0.6) is 0 Å². The molecule has 2 rings (SSSR count). The van der Waals surface area contributed by atoms with E-state index < -0.39 is 0 Å². The van der Waals surface area contributed by atoms with Crippen LogP contribution >= 0.6 is 0 Å². The molecule has 1 aromatic rings. The van der Waals surface area contributed by atoms with Gasteiger partial charge in [-0.25, -0.2) is 4.98 Å². The Morgan fingerprint density at radius 1 is 1.35 bits per heavy atom. The lowest BCUT2D eigenvalue weighted by atomic mass is 10.2. The van der Waals surface area contributed by atoms with E-state index in [0.717, 1.165) is 51.5 Å². The summed E-state index contributed by atoms with van der Waals surface area (Å²) in [5.74, 6) is 1.12. The van der Waals surface area contributed by atoms with Gasteiger partial charge in [0.25, 0.3) is 0 Å². The van der Waals surface area contributed by atoms with Crippen LogP contribution in [0.25, 0.3) is 0 Å². The molecule has 0 atom stereocenters. The molecule has 5 nitrogen and oxygen atoms in total. The van der Waals surface area contributed by atoms with Crippen LogP contribution in [0, 0.1) is 0 Å². The molecule has 1 aliphatic heterocycles. The standard InChI is InChI=1S/C15H24N4O/c1-3-16-15-11-14(5-6-17-15)12-18-7-4-8-19(10-9-18)13(2)20/h5-6,11H,3-4,7-10,12H2,1-2H3,(H,16,17). The molecule has 110 valence electrons.